The van der Waals surface area contributed by atoms with Gasteiger partial charge in [-0.15, -0.1) is 0 Å². The number of likely N-dealkylation sites (tertiary alicyclic amines) is 1. The van der Waals surface area contributed by atoms with Crippen molar-refractivity contribution in [2.75, 3.05) is 13.1 Å². The Kier molecular flexibility index (Phi) is 3.33. The van der Waals surface area contributed by atoms with Crippen LogP contribution in [0.4, 0.5) is 4.39 Å². The first-order valence-electron chi connectivity index (χ1n) is 6.74. The van der Waals surface area contributed by atoms with Crippen molar-refractivity contribution >= 4 is 22.6 Å². The molecule has 0 unspecified atom stereocenters. The lowest BCUT2D eigenvalue weighted by atomic mass is 9.94. The van der Waals surface area contributed by atoms with Gasteiger partial charge in [0.2, 0.25) is 0 Å². The Bertz CT molecular complexity index is 723. The molecule has 1 N–H and O–H groups in total. The predicted octanol–water partition coefficient (Wildman–Crippen LogP) is 2.53. The van der Waals surface area contributed by atoms with Gasteiger partial charge in [0.05, 0.1) is 6.42 Å². The summed E-state index contributed by atoms with van der Waals surface area (Å²) in [7, 11) is 0. The zero-order chi connectivity index (χ0) is 15.0. The maximum Gasteiger partial charge on any atom is 0.303 e. The van der Waals surface area contributed by atoms with Crippen LogP contribution in [0.15, 0.2) is 36.4 Å². The van der Waals surface area contributed by atoms with E-state index >= 15 is 0 Å². The van der Waals surface area contributed by atoms with Crippen molar-refractivity contribution in [3.8, 4) is 0 Å². The van der Waals surface area contributed by atoms with Gasteiger partial charge in [-0.1, -0.05) is 24.3 Å². The van der Waals surface area contributed by atoms with Gasteiger partial charge in [-0.2, -0.15) is 0 Å². The molecule has 0 radical (unpaired) electrons. The number of rotatable bonds is 3. The van der Waals surface area contributed by atoms with Crippen LogP contribution in [0.2, 0.25) is 0 Å². The summed E-state index contributed by atoms with van der Waals surface area (Å²) in [5.74, 6) is -1.36. The summed E-state index contributed by atoms with van der Waals surface area (Å²) in [5.41, 5.74) is 0.459. The van der Waals surface area contributed by atoms with Crippen molar-refractivity contribution < 1.29 is 19.1 Å². The van der Waals surface area contributed by atoms with E-state index in [1.165, 1.54) is 12.1 Å². The zero-order valence-electron chi connectivity index (χ0n) is 11.3. The largest absolute Gasteiger partial charge is 0.481 e. The molecule has 5 heteroatoms. The van der Waals surface area contributed by atoms with Gasteiger partial charge in [0.25, 0.3) is 5.91 Å². The molecule has 1 heterocycles. The fraction of sp³-hybridized carbons (Fsp3) is 0.250. The molecule has 0 aliphatic carbocycles. The van der Waals surface area contributed by atoms with Crippen LogP contribution in [0.25, 0.3) is 10.8 Å². The molecule has 0 aromatic heterocycles. The van der Waals surface area contributed by atoms with Crippen molar-refractivity contribution in [2.45, 2.75) is 6.42 Å². The SMILES string of the molecule is O=C(O)CC1CN(C(=O)c2ccc(F)c3ccccc23)C1. The number of benzene rings is 2. The third-order valence-electron chi connectivity index (χ3n) is 3.81. The van der Waals surface area contributed by atoms with Crippen molar-refractivity contribution in [2.24, 2.45) is 5.92 Å². The van der Waals surface area contributed by atoms with Crippen LogP contribution in [0, 0.1) is 11.7 Å². The van der Waals surface area contributed by atoms with Gasteiger partial charge in [0.15, 0.2) is 0 Å². The van der Waals surface area contributed by atoms with Gasteiger partial charge in [-0.05, 0) is 17.5 Å². The maximum atomic E-state index is 13.7. The Morgan fingerprint density at radius 2 is 1.81 bits per heavy atom. The van der Waals surface area contributed by atoms with E-state index in [0.29, 0.717) is 29.4 Å². The lowest BCUT2D eigenvalue weighted by Crippen LogP contribution is -2.50. The van der Waals surface area contributed by atoms with Gasteiger partial charge in [-0.25, -0.2) is 4.39 Å². The molecule has 2 aromatic carbocycles. The lowest BCUT2D eigenvalue weighted by Gasteiger charge is -2.38. The maximum absolute atomic E-state index is 13.7. The summed E-state index contributed by atoms with van der Waals surface area (Å²) in [4.78, 5) is 24.7. The molecule has 108 valence electrons. The second-order valence-electron chi connectivity index (χ2n) is 5.31. The Morgan fingerprint density at radius 3 is 2.48 bits per heavy atom. The highest BCUT2D eigenvalue weighted by atomic mass is 19.1. The Hall–Kier alpha value is -2.43. The average Bonchev–Trinajstić information content (AvgIpc) is 2.42. The van der Waals surface area contributed by atoms with E-state index in [-0.39, 0.29) is 24.1 Å². The lowest BCUT2D eigenvalue weighted by molar-refractivity contribution is -0.139. The summed E-state index contributed by atoms with van der Waals surface area (Å²) in [5, 5.41) is 9.73. The molecule has 1 saturated heterocycles. The molecule has 0 atom stereocenters. The highest BCUT2D eigenvalue weighted by Crippen LogP contribution is 2.26. The number of hydrogen-bond acceptors (Lipinski definition) is 2. The molecule has 0 spiro atoms. The van der Waals surface area contributed by atoms with Crippen molar-refractivity contribution in [1.82, 2.24) is 4.90 Å². The summed E-state index contributed by atoms with van der Waals surface area (Å²) >= 11 is 0. The van der Waals surface area contributed by atoms with Crippen LogP contribution in [-0.4, -0.2) is 35.0 Å². The van der Waals surface area contributed by atoms with Crippen LogP contribution in [-0.2, 0) is 4.79 Å². The van der Waals surface area contributed by atoms with Crippen LogP contribution in [0.1, 0.15) is 16.8 Å². The Morgan fingerprint density at radius 1 is 1.14 bits per heavy atom. The molecule has 21 heavy (non-hydrogen) atoms. The van der Waals surface area contributed by atoms with E-state index in [9.17, 15) is 14.0 Å². The summed E-state index contributed by atoms with van der Waals surface area (Å²) in [6.07, 6.45) is 0.0773. The Labute approximate surface area is 120 Å². The van der Waals surface area contributed by atoms with E-state index in [1.54, 1.807) is 29.2 Å². The second kappa shape index (κ2) is 5.16. The molecule has 4 nitrogen and oxygen atoms in total. The molecule has 2 aromatic rings. The molecular formula is C16H14FNO3. The number of fused-ring (bicyclic) bond motifs is 1. The number of carbonyl (C=O) groups excluding carboxylic acids is 1. The van der Waals surface area contributed by atoms with Gasteiger partial charge in [-0.3, -0.25) is 9.59 Å². The molecule has 1 fully saturated rings. The second-order valence-corrected chi connectivity index (χ2v) is 5.31. The number of hydrogen-bond donors (Lipinski definition) is 1. The minimum atomic E-state index is -0.848. The van der Waals surface area contributed by atoms with Crippen LogP contribution >= 0.6 is 0 Å². The fourth-order valence-corrected chi connectivity index (χ4v) is 2.73. The van der Waals surface area contributed by atoms with Gasteiger partial charge < -0.3 is 10.0 Å². The smallest absolute Gasteiger partial charge is 0.303 e. The molecule has 3 rings (SSSR count). The predicted molar refractivity (Wildman–Crippen MR) is 75.6 cm³/mol. The highest BCUT2D eigenvalue weighted by Gasteiger charge is 2.33. The number of carboxylic acids is 1. The van der Waals surface area contributed by atoms with Crippen molar-refractivity contribution in [3.63, 3.8) is 0 Å². The number of halogens is 1. The number of carbonyl (C=O) groups is 2. The van der Waals surface area contributed by atoms with Gasteiger partial charge >= 0.3 is 5.97 Å². The fourth-order valence-electron chi connectivity index (χ4n) is 2.73. The van der Waals surface area contributed by atoms with Crippen LogP contribution in [0.5, 0.6) is 0 Å². The van der Waals surface area contributed by atoms with Crippen LogP contribution in [0.3, 0.4) is 0 Å². The molecule has 0 bridgehead atoms. The van der Waals surface area contributed by atoms with E-state index in [0.717, 1.165) is 0 Å². The minimum Gasteiger partial charge on any atom is -0.481 e. The molecule has 0 saturated carbocycles. The summed E-state index contributed by atoms with van der Waals surface area (Å²) < 4.78 is 13.7. The number of amides is 1. The Balaban J connectivity index is 1.84. The quantitative estimate of drug-likeness (QED) is 0.943. The van der Waals surface area contributed by atoms with E-state index < -0.39 is 5.97 Å². The van der Waals surface area contributed by atoms with Gasteiger partial charge in [0.1, 0.15) is 5.82 Å². The average molecular weight is 287 g/mol. The van der Waals surface area contributed by atoms with E-state index in [2.05, 4.69) is 0 Å². The number of nitrogens with zero attached hydrogens (tertiary/aromatic N) is 1. The van der Waals surface area contributed by atoms with Crippen molar-refractivity contribution in [1.29, 1.82) is 0 Å². The first-order valence-corrected chi connectivity index (χ1v) is 6.74. The first-order chi connectivity index (χ1) is 10.1. The monoisotopic (exact) mass is 287 g/mol. The third kappa shape index (κ3) is 2.46. The highest BCUT2D eigenvalue weighted by molar-refractivity contribution is 6.07. The van der Waals surface area contributed by atoms with Crippen LogP contribution < -0.4 is 0 Å². The minimum absolute atomic E-state index is 0.0122. The standard InChI is InChI=1S/C16H14FNO3/c17-14-6-5-13(11-3-1-2-4-12(11)14)16(21)18-8-10(9-18)7-15(19)20/h1-6,10H,7-9H2,(H,19,20). The summed E-state index contributed by atoms with van der Waals surface area (Å²) in [6.45, 7) is 0.883. The number of aliphatic carboxylic acids is 1. The van der Waals surface area contributed by atoms with Crippen molar-refractivity contribution in [3.05, 3.63) is 47.8 Å². The summed E-state index contributed by atoms with van der Waals surface area (Å²) in [6, 6.07) is 9.65. The number of carboxylic acid groups (broad SMARTS) is 1. The first kappa shape index (κ1) is 13.5. The normalized spacial score (nSPS) is 15.0. The van der Waals surface area contributed by atoms with E-state index in [1.807, 2.05) is 0 Å². The molecule has 1 aliphatic rings. The van der Waals surface area contributed by atoms with Gasteiger partial charge in [0, 0.05) is 30.0 Å². The molecular weight excluding hydrogens is 273 g/mol. The third-order valence-corrected chi connectivity index (χ3v) is 3.81. The topological polar surface area (TPSA) is 57.6 Å². The molecule has 1 amide bonds. The zero-order valence-corrected chi connectivity index (χ0v) is 11.3. The molecule has 1 aliphatic heterocycles. The van der Waals surface area contributed by atoms with E-state index in [4.69, 9.17) is 5.11 Å².